The highest BCUT2D eigenvalue weighted by atomic mass is 31.1. The van der Waals surface area contributed by atoms with Gasteiger partial charge in [0.25, 0.3) is 0 Å². The molecule has 6 atom stereocenters. The van der Waals surface area contributed by atoms with Gasteiger partial charge in [-0.25, -0.2) is 4.79 Å². The fourth-order valence-corrected chi connectivity index (χ4v) is 3.11. The highest BCUT2D eigenvalue weighted by Gasteiger charge is 2.46. The summed E-state index contributed by atoms with van der Waals surface area (Å²) >= 11 is 0. The molecule has 0 bridgehead atoms. The average Bonchev–Trinajstić information content (AvgIpc) is 2.94. The number of aromatic nitrogens is 1. The van der Waals surface area contributed by atoms with Gasteiger partial charge in [0.05, 0.1) is 11.7 Å². The molecule has 1 aromatic rings. The Bertz CT molecular complexity index is 718. The van der Waals surface area contributed by atoms with E-state index in [1.165, 1.54) is 31.5 Å². The summed E-state index contributed by atoms with van der Waals surface area (Å²) in [5.41, 5.74) is 0.145. The zero-order valence-corrected chi connectivity index (χ0v) is 17.0. The van der Waals surface area contributed by atoms with Crippen LogP contribution in [0.15, 0.2) is 24.5 Å². The Morgan fingerprint density at radius 2 is 2.03 bits per heavy atom. The van der Waals surface area contributed by atoms with Gasteiger partial charge in [-0.3, -0.25) is 9.78 Å². The van der Waals surface area contributed by atoms with Crippen molar-refractivity contribution in [2.75, 3.05) is 6.61 Å². The highest BCUT2D eigenvalue weighted by molar-refractivity contribution is 7.36. The first kappa shape index (κ1) is 23.3. The Morgan fingerprint density at radius 3 is 2.66 bits per heavy atom. The summed E-state index contributed by atoms with van der Waals surface area (Å²) in [6.07, 6.45) is -3.05. The van der Waals surface area contributed by atoms with E-state index >= 15 is 0 Å². The lowest BCUT2D eigenvalue weighted by Crippen LogP contribution is -2.36. The second kappa shape index (κ2) is 10.7. The van der Waals surface area contributed by atoms with Crippen LogP contribution in [-0.2, 0) is 28.1 Å². The van der Waals surface area contributed by atoms with Crippen molar-refractivity contribution < 1.29 is 43.1 Å². The number of esters is 2. The Kier molecular flexibility index (Phi) is 8.57. The van der Waals surface area contributed by atoms with Gasteiger partial charge < -0.3 is 24.4 Å². The monoisotopic (exact) mass is 431 g/mol. The Labute approximate surface area is 168 Å². The molecule has 1 fully saturated rings. The third kappa shape index (κ3) is 6.77. The van der Waals surface area contributed by atoms with Gasteiger partial charge in [-0.05, 0) is 37.5 Å². The zero-order valence-electron chi connectivity index (χ0n) is 16.1. The van der Waals surface area contributed by atoms with Gasteiger partial charge >= 0.3 is 20.1 Å². The molecule has 0 spiro atoms. The van der Waals surface area contributed by atoms with Crippen LogP contribution in [-0.4, -0.2) is 70.5 Å². The molecule has 160 valence electrons. The number of aliphatic hydroxyl groups excluding tert-OH is 2. The maximum atomic E-state index is 12.0. The molecule has 2 rings (SSSR count). The molecule has 2 unspecified atom stereocenters. The summed E-state index contributed by atoms with van der Waals surface area (Å²) in [5.74, 6) is -1.39. The topological polar surface area (TPSA) is 154 Å². The van der Waals surface area contributed by atoms with E-state index in [4.69, 9.17) is 18.7 Å². The maximum Gasteiger partial charge on any atom is 0.613 e. The molecule has 1 aliphatic rings. The van der Waals surface area contributed by atoms with Crippen molar-refractivity contribution in [3.05, 3.63) is 30.1 Å². The van der Waals surface area contributed by atoms with Crippen LogP contribution in [0.2, 0.25) is 0 Å². The summed E-state index contributed by atoms with van der Waals surface area (Å²) in [6, 6.07) is 2.12. The Balaban J connectivity index is 1.82. The molecule has 1 aliphatic heterocycles. The first-order valence-corrected chi connectivity index (χ1v) is 10.1. The highest BCUT2D eigenvalue weighted by Crippen LogP contribution is 2.27. The summed E-state index contributed by atoms with van der Waals surface area (Å²) in [6.45, 7) is 4.44. The predicted molar refractivity (Wildman–Crippen MR) is 97.7 cm³/mol. The lowest BCUT2D eigenvalue weighted by Gasteiger charge is -2.15. The maximum absolute atomic E-state index is 12.0. The second-order valence-electron chi connectivity index (χ2n) is 6.56. The van der Waals surface area contributed by atoms with Gasteiger partial charge in [-0.15, -0.1) is 4.52 Å². The minimum atomic E-state index is -2.48. The van der Waals surface area contributed by atoms with E-state index in [0.717, 1.165) is 0 Å². The molecule has 1 saturated heterocycles. The van der Waals surface area contributed by atoms with Gasteiger partial charge in [0.1, 0.15) is 31.0 Å². The molecule has 11 nitrogen and oxygen atoms in total. The van der Waals surface area contributed by atoms with E-state index in [0.29, 0.717) is 0 Å². The standard InChI is InChI=1S/C17H24N2O9P/c1-9(2)26-15(22)10(3)19-29(24)25-8-12-13(20)14(21)17(27-12)28-16(23)11-5-4-6-18-7-11/h4-7,9-10,12-14,17,20-21H,8H2,1-3H3,(H,19,24)/q+1/t10-,12-,13-,14-,17?/m1/s1. The first-order chi connectivity index (χ1) is 13.7. The summed E-state index contributed by atoms with van der Waals surface area (Å²) in [5, 5.41) is 22.5. The molecule has 0 aromatic carbocycles. The van der Waals surface area contributed by atoms with Crippen LogP contribution in [0.25, 0.3) is 0 Å². The summed E-state index contributed by atoms with van der Waals surface area (Å²) in [7, 11) is -2.48. The number of carbonyl (C=O) groups is 2. The van der Waals surface area contributed by atoms with Crippen molar-refractivity contribution >= 4 is 20.1 Å². The minimum absolute atomic E-state index is 0.145. The van der Waals surface area contributed by atoms with E-state index in [1.807, 2.05) is 0 Å². The zero-order chi connectivity index (χ0) is 21.6. The van der Waals surface area contributed by atoms with E-state index in [9.17, 15) is 24.4 Å². The minimum Gasteiger partial charge on any atom is -0.462 e. The van der Waals surface area contributed by atoms with E-state index < -0.39 is 50.8 Å². The van der Waals surface area contributed by atoms with Crippen molar-refractivity contribution in [2.45, 2.75) is 57.5 Å². The number of nitrogens with one attached hydrogen (secondary N) is 1. The van der Waals surface area contributed by atoms with Crippen LogP contribution >= 0.6 is 8.18 Å². The number of rotatable bonds is 9. The van der Waals surface area contributed by atoms with Crippen molar-refractivity contribution in [1.29, 1.82) is 0 Å². The van der Waals surface area contributed by atoms with Crippen molar-refractivity contribution in [1.82, 2.24) is 10.1 Å². The molecule has 1 aromatic heterocycles. The van der Waals surface area contributed by atoms with Crippen molar-refractivity contribution in [3.63, 3.8) is 0 Å². The number of carbonyl (C=O) groups excluding carboxylic acids is 2. The average molecular weight is 431 g/mol. The summed E-state index contributed by atoms with van der Waals surface area (Å²) < 4.78 is 32.3. The normalized spacial score (nSPS) is 25.5. The number of hydrogen-bond donors (Lipinski definition) is 3. The van der Waals surface area contributed by atoms with Crippen LogP contribution < -0.4 is 5.09 Å². The molecule has 0 aliphatic carbocycles. The molecule has 29 heavy (non-hydrogen) atoms. The Morgan fingerprint density at radius 1 is 1.31 bits per heavy atom. The van der Waals surface area contributed by atoms with Crippen LogP contribution in [0.1, 0.15) is 31.1 Å². The van der Waals surface area contributed by atoms with Gasteiger partial charge in [0.2, 0.25) is 6.29 Å². The fourth-order valence-electron chi connectivity index (χ4n) is 2.33. The molecule has 12 heteroatoms. The predicted octanol–water partition coefficient (Wildman–Crippen LogP) is 0.289. The Hall–Kier alpha value is -2.01. The second-order valence-corrected chi connectivity index (χ2v) is 7.59. The van der Waals surface area contributed by atoms with Crippen LogP contribution in [0.3, 0.4) is 0 Å². The number of nitrogens with zero attached hydrogens (tertiary/aromatic N) is 1. The quantitative estimate of drug-likeness (QED) is 0.365. The van der Waals surface area contributed by atoms with Gasteiger partial charge in [0.15, 0.2) is 0 Å². The summed E-state index contributed by atoms with van der Waals surface area (Å²) in [4.78, 5) is 27.5. The van der Waals surface area contributed by atoms with Crippen molar-refractivity contribution in [2.24, 2.45) is 0 Å². The molecular weight excluding hydrogens is 407 g/mol. The van der Waals surface area contributed by atoms with E-state index in [2.05, 4.69) is 10.1 Å². The molecular formula is C17H24N2O9P+. The number of aliphatic hydroxyl groups is 2. The van der Waals surface area contributed by atoms with Gasteiger partial charge in [-0.2, -0.15) is 0 Å². The number of pyridine rings is 1. The number of ether oxygens (including phenoxy) is 3. The fraction of sp³-hybridized carbons (Fsp3) is 0.588. The van der Waals surface area contributed by atoms with Crippen LogP contribution in [0.4, 0.5) is 0 Å². The van der Waals surface area contributed by atoms with Gasteiger partial charge in [-0.1, -0.05) is 5.09 Å². The molecule has 0 saturated carbocycles. The van der Waals surface area contributed by atoms with Crippen LogP contribution in [0, 0.1) is 0 Å². The SMILES string of the molecule is CC(C)OC(=O)[C@@H](C)N[P+](=O)OC[C@H]1OC(OC(=O)c2cccnc2)[C@H](O)[C@@H]1O. The molecule has 0 amide bonds. The van der Waals surface area contributed by atoms with E-state index in [-0.39, 0.29) is 18.3 Å². The molecule has 3 N–H and O–H groups in total. The lowest BCUT2D eigenvalue weighted by molar-refractivity contribution is -0.149. The van der Waals surface area contributed by atoms with Crippen molar-refractivity contribution in [3.8, 4) is 0 Å². The van der Waals surface area contributed by atoms with Crippen LogP contribution in [0.5, 0.6) is 0 Å². The molecule has 2 heterocycles. The smallest absolute Gasteiger partial charge is 0.462 e. The van der Waals surface area contributed by atoms with E-state index in [1.54, 1.807) is 13.8 Å². The largest absolute Gasteiger partial charge is 0.613 e. The molecule has 0 radical (unpaired) electrons. The number of hydrogen-bond acceptors (Lipinski definition) is 10. The lowest BCUT2D eigenvalue weighted by atomic mass is 10.1. The third-order valence-electron chi connectivity index (χ3n) is 3.80. The van der Waals surface area contributed by atoms with Gasteiger partial charge in [0, 0.05) is 12.4 Å². The third-order valence-corrected chi connectivity index (χ3v) is 4.78. The first-order valence-electron chi connectivity index (χ1n) is 8.88.